The Bertz CT molecular complexity index is 413. The van der Waals surface area contributed by atoms with Gasteiger partial charge in [0.2, 0.25) is 0 Å². The molecule has 0 bridgehead atoms. The Morgan fingerprint density at radius 3 is 2.44 bits per heavy atom. The van der Waals surface area contributed by atoms with E-state index in [1.807, 2.05) is 0 Å². The minimum atomic E-state index is -1.40. The fraction of sp³-hybridized carbons (Fsp3) is 0.538. The number of rotatable bonds is 2. The topological polar surface area (TPSA) is 15.3 Å². The number of nitrogens with one attached hydrogen (secondary N) is 1. The van der Waals surface area contributed by atoms with Crippen LogP contribution in [0.5, 0.6) is 0 Å². The van der Waals surface area contributed by atoms with Gasteiger partial charge in [0.1, 0.15) is 0 Å². The van der Waals surface area contributed by atoms with Crippen molar-refractivity contribution in [2.24, 2.45) is 0 Å². The van der Waals surface area contributed by atoms with E-state index in [-0.39, 0.29) is 6.04 Å². The molecule has 100 valence electrons. The van der Waals surface area contributed by atoms with Gasteiger partial charge < -0.3 is 5.32 Å². The van der Waals surface area contributed by atoms with Crippen LogP contribution in [-0.2, 0) is 6.54 Å². The summed E-state index contributed by atoms with van der Waals surface area (Å²) in [6.45, 7) is 6.19. The van der Waals surface area contributed by atoms with Crippen LogP contribution in [0.25, 0.3) is 0 Å². The molecule has 1 saturated heterocycles. The summed E-state index contributed by atoms with van der Waals surface area (Å²) in [5.74, 6) is -3.65. The molecule has 1 fully saturated rings. The van der Waals surface area contributed by atoms with E-state index in [0.29, 0.717) is 18.2 Å². The van der Waals surface area contributed by atoms with Gasteiger partial charge in [-0.05, 0) is 31.5 Å². The van der Waals surface area contributed by atoms with E-state index in [9.17, 15) is 13.2 Å². The fourth-order valence-electron chi connectivity index (χ4n) is 2.25. The lowest BCUT2D eigenvalue weighted by molar-refractivity contribution is 0.138. The maximum absolute atomic E-state index is 13.1. The van der Waals surface area contributed by atoms with Gasteiger partial charge in [0, 0.05) is 31.7 Å². The number of hydrogen-bond acceptors (Lipinski definition) is 2. The van der Waals surface area contributed by atoms with E-state index >= 15 is 0 Å². The molecule has 0 saturated carbocycles. The van der Waals surface area contributed by atoms with Gasteiger partial charge in [0.15, 0.2) is 17.5 Å². The van der Waals surface area contributed by atoms with Gasteiger partial charge in [-0.25, -0.2) is 13.2 Å². The molecule has 2 nitrogen and oxygen atoms in total. The standard InChI is InChI=1S/C13H17F3N2/c1-8-6-18(9(2)5-17-8)7-10-3-11(14)13(16)12(15)4-10/h3-4,8-9,17H,5-7H2,1-2H3. The van der Waals surface area contributed by atoms with Gasteiger partial charge in [-0.2, -0.15) is 0 Å². The summed E-state index contributed by atoms with van der Waals surface area (Å²) in [6.07, 6.45) is 0. The summed E-state index contributed by atoms with van der Waals surface area (Å²) in [7, 11) is 0. The van der Waals surface area contributed by atoms with Crippen LogP contribution < -0.4 is 5.32 Å². The SMILES string of the molecule is CC1CN(Cc2cc(F)c(F)c(F)c2)C(C)CN1. The Morgan fingerprint density at radius 2 is 1.83 bits per heavy atom. The van der Waals surface area contributed by atoms with Crippen LogP contribution in [0.1, 0.15) is 19.4 Å². The van der Waals surface area contributed by atoms with Crippen molar-refractivity contribution in [2.45, 2.75) is 32.5 Å². The van der Waals surface area contributed by atoms with Gasteiger partial charge in [-0.1, -0.05) is 0 Å². The first-order valence-corrected chi connectivity index (χ1v) is 6.08. The van der Waals surface area contributed by atoms with Crippen molar-refractivity contribution in [1.29, 1.82) is 0 Å². The highest BCUT2D eigenvalue weighted by atomic mass is 19.2. The first-order valence-electron chi connectivity index (χ1n) is 6.08. The minimum absolute atomic E-state index is 0.289. The second kappa shape index (κ2) is 5.28. The molecule has 1 aromatic carbocycles. The van der Waals surface area contributed by atoms with Crippen molar-refractivity contribution < 1.29 is 13.2 Å². The van der Waals surface area contributed by atoms with Crippen LogP contribution in [0.15, 0.2) is 12.1 Å². The van der Waals surface area contributed by atoms with Gasteiger partial charge in [-0.15, -0.1) is 0 Å². The molecule has 0 radical (unpaired) electrons. The summed E-state index contributed by atoms with van der Waals surface area (Å²) < 4.78 is 39.1. The molecule has 0 aromatic heterocycles. The molecule has 2 rings (SSSR count). The summed E-state index contributed by atoms with van der Waals surface area (Å²) in [5.41, 5.74) is 0.465. The molecule has 0 spiro atoms. The highest BCUT2D eigenvalue weighted by molar-refractivity contribution is 5.19. The Morgan fingerprint density at radius 1 is 1.22 bits per heavy atom. The number of hydrogen-bond donors (Lipinski definition) is 1. The van der Waals surface area contributed by atoms with E-state index in [4.69, 9.17) is 0 Å². The summed E-state index contributed by atoms with van der Waals surface area (Å²) >= 11 is 0. The van der Waals surface area contributed by atoms with Gasteiger partial charge in [0.05, 0.1) is 0 Å². The molecule has 0 aliphatic carbocycles. The average Bonchev–Trinajstić information content (AvgIpc) is 2.31. The zero-order valence-electron chi connectivity index (χ0n) is 10.5. The van der Waals surface area contributed by atoms with Crippen LogP contribution in [0, 0.1) is 17.5 Å². The third kappa shape index (κ3) is 2.84. The largest absolute Gasteiger partial charge is 0.311 e. The summed E-state index contributed by atoms with van der Waals surface area (Å²) in [4.78, 5) is 2.13. The fourth-order valence-corrected chi connectivity index (χ4v) is 2.25. The lowest BCUT2D eigenvalue weighted by Crippen LogP contribution is -2.53. The molecule has 1 heterocycles. The van der Waals surface area contributed by atoms with E-state index < -0.39 is 17.5 Å². The molecular weight excluding hydrogens is 241 g/mol. The van der Waals surface area contributed by atoms with Gasteiger partial charge in [-0.3, -0.25) is 4.90 Å². The van der Waals surface area contributed by atoms with Gasteiger partial charge >= 0.3 is 0 Å². The predicted molar refractivity (Wildman–Crippen MR) is 63.7 cm³/mol. The van der Waals surface area contributed by atoms with Crippen LogP contribution in [0.3, 0.4) is 0 Å². The van der Waals surface area contributed by atoms with E-state index in [2.05, 4.69) is 24.1 Å². The molecule has 18 heavy (non-hydrogen) atoms. The summed E-state index contributed by atoms with van der Waals surface area (Å²) in [5, 5.41) is 3.33. The minimum Gasteiger partial charge on any atom is -0.311 e. The van der Waals surface area contributed by atoms with E-state index in [0.717, 1.165) is 25.2 Å². The number of halogens is 3. The monoisotopic (exact) mass is 258 g/mol. The average molecular weight is 258 g/mol. The van der Waals surface area contributed by atoms with Crippen molar-refractivity contribution in [1.82, 2.24) is 10.2 Å². The highest BCUT2D eigenvalue weighted by Gasteiger charge is 2.23. The molecule has 0 amide bonds. The first-order chi connectivity index (χ1) is 8.47. The molecule has 1 N–H and O–H groups in total. The molecule has 1 aromatic rings. The second-order valence-electron chi connectivity index (χ2n) is 4.96. The normalized spacial score (nSPS) is 25.4. The third-order valence-electron chi connectivity index (χ3n) is 3.32. The third-order valence-corrected chi connectivity index (χ3v) is 3.32. The quantitative estimate of drug-likeness (QED) is 0.819. The van der Waals surface area contributed by atoms with Crippen LogP contribution >= 0.6 is 0 Å². The van der Waals surface area contributed by atoms with Gasteiger partial charge in [0.25, 0.3) is 0 Å². The Balaban J connectivity index is 2.13. The molecule has 1 aliphatic heterocycles. The smallest absolute Gasteiger partial charge is 0.194 e. The predicted octanol–water partition coefficient (Wildman–Crippen LogP) is 2.29. The number of nitrogens with zero attached hydrogens (tertiary/aromatic N) is 1. The maximum Gasteiger partial charge on any atom is 0.194 e. The van der Waals surface area contributed by atoms with Crippen molar-refractivity contribution >= 4 is 0 Å². The van der Waals surface area contributed by atoms with Crippen LogP contribution in [-0.4, -0.2) is 30.1 Å². The molecule has 5 heteroatoms. The van der Waals surface area contributed by atoms with E-state index in [1.165, 1.54) is 0 Å². The molecule has 2 unspecified atom stereocenters. The van der Waals surface area contributed by atoms with Crippen molar-refractivity contribution in [3.05, 3.63) is 35.1 Å². The number of benzene rings is 1. The summed E-state index contributed by atoms with van der Waals surface area (Å²) in [6, 6.07) is 2.77. The highest BCUT2D eigenvalue weighted by Crippen LogP contribution is 2.17. The van der Waals surface area contributed by atoms with Crippen molar-refractivity contribution in [2.75, 3.05) is 13.1 Å². The zero-order valence-corrected chi connectivity index (χ0v) is 10.5. The maximum atomic E-state index is 13.1. The zero-order chi connectivity index (χ0) is 13.3. The Hall–Kier alpha value is -1.07. The van der Waals surface area contributed by atoms with Crippen LogP contribution in [0.2, 0.25) is 0 Å². The van der Waals surface area contributed by atoms with Crippen molar-refractivity contribution in [3.63, 3.8) is 0 Å². The first kappa shape index (κ1) is 13.4. The van der Waals surface area contributed by atoms with Crippen molar-refractivity contribution in [3.8, 4) is 0 Å². The second-order valence-corrected chi connectivity index (χ2v) is 4.96. The molecular formula is C13H17F3N2. The Kier molecular flexibility index (Phi) is 3.92. The lowest BCUT2D eigenvalue weighted by atomic mass is 10.1. The lowest BCUT2D eigenvalue weighted by Gasteiger charge is -2.37. The molecule has 2 atom stereocenters. The number of piperazine rings is 1. The Labute approximate surface area is 105 Å². The van der Waals surface area contributed by atoms with E-state index in [1.54, 1.807) is 0 Å². The van der Waals surface area contributed by atoms with Crippen LogP contribution in [0.4, 0.5) is 13.2 Å². The molecule has 1 aliphatic rings.